The van der Waals surface area contributed by atoms with Gasteiger partial charge >= 0.3 is 0 Å². The molecule has 6 nitrogen and oxygen atoms in total. The van der Waals surface area contributed by atoms with Gasteiger partial charge in [0.05, 0.1) is 21.5 Å². The van der Waals surface area contributed by atoms with E-state index in [0.717, 1.165) is 57.2 Å². The van der Waals surface area contributed by atoms with E-state index in [2.05, 4.69) is 16.1 Å². The van der Waals surface area contributed by atoms with Crippen LogP contribution in [0.4, 0.5) is 0 Å². The molecule has 2 atom stereocenters. The second-order valence-corrected chi connectivity index (χ2v) is 10.1. The van der Waals surface area contributed by atoms with Crippen molar-refractivity contribution in [3.63, 3.8) is 0 Å². The minimum Gasteiger partial charge on any atom is -0.380 e. The molecule has 5 rings (SSSR count). The first kappa shape index (κ1) is 23.6. The highest BCUT2D eigenvalue weighted by Crippen LogP contribution is 2.30. The molecular weight excluding hydrogens is 473 g/mol. The van der Waals surface area contributed by atoms with E-state index < -0.39 is 0 Å². The lowest BCUT2D eigenvalue weighted by molar-refractivity contribution is -0.0326. The predicted octanol–water partition coefficient (Wildman–Crippen LogP) is 5.32. The molecule has 0 aliphatic carbocycles. The first-order chi connectivity index (χ1) is 16.5. The SMILES string of the molecule is CO[C@@H]1CN(C2CCN(C(=O)c3noc4ccccc34)CC2)CC[C@@H]1Cc1ccc(Cl)c(Cl)c1. The second-order valence-electron chi connectivity index (χ2n) is 9.32. The largest absolute Gasteiger partial charge is 0.380 e. The van der Waals surface area contributed by atoms with Gasteiger partial charge in [-0.05, 0) is 68.0 Å². The van der Waals surface area contributed by atoms with Crippen molar-refractivity contribution >= 4 is 40.1 Å². The minimum atomic E-state index is -0.0431. The molecule has 1 amide bonds. The number of halogens is 2. The lowest BCUT2D eigenvalue weighted by Crippen LogP contribution is -2.53. The Morgan fingerprint density at radius 3 is 2.65 bits per heavy atom. The molecular formula is C26H29Cl2N3O3. The number of amides is 1. The molecule has 0 spiro atoms. The summed E-state index contributed by atoms with van der Waals surface area (Å²) in [5.74, 6) is 0.402. The molecule has 2 aliphatic heterocycles. The molecule has 2 fully saturated rings. The van der Waals surface area contributed by atoms with Crippen LogP contribution in [0, 0.1) is 5.92 Å². The Morgan fingerprint density at radius 1 is 1.09 bits per heavy atom. The zero-order valence-electron chi connectivity index (χ0n) is 19.3. The van der Waals surface area contributed by atoms with E-state index in [1.807, 2.05) is 41.3 Å². The van der Waals surface area contributed by atoms with E-state index in [-0.39, 0.29) is 12.0 Å². The van der Waals surface area contributed by atoms with Gasteiger partial charge in [0.25, 0.3) is 5.91 Å². The van der Waals surface area contributed by atoms with Crippen molar-refractivity contribution in [1.29, 1.82) is 0 Å². The van der Waals surface area contributed by atoms with Crippen molar-refractivity contribution in [2.75, 3.05) is 33.3 Å². The van der Waals surface area contributed by atoms with Crippen LogP contribution in [0.3, 0.4) is 0 Å². The van der Waals surface area contributed by atoms with Crippen LogP contribution in [0.15, 0.2) is 47.0 Å². The molecule has 34 heavy (non-hydrogen) atoms. The number of hydrogen-bond donors (Lipinski definition) is 0. The van der Waals surface area contributed by atoms with Crippen molar-refractivity contribution in [2.24, 2.45) is 5.92 Å². The molecule has 8 heteroatoms. The minimum absolute atomic E-state index is 0.0431. The van der Waals surface area contributed by atoms with E-state index in [1.165, 1.54) is 5.56 Å². The normalized spacial score (nSPS) is 22.4. The smallest absolute Gasteiger partial charge is 0.276 e. The quantitative estimate of drug-likeness (QED) is 0.473. The van der Waals surface area contributed by atoms with Gasteiger partial charge in [-0.2, -0.15) is 0 Å². The Labute approximate surface area is 209 Å². The fourth-order valence-electron chi connectivity index (χ4n) is 5.41. The number of ether oxygens (including phenoxy) is 1. The Balaban J connectivity index is 1.17. The number of methoxy groups -OCH3 is 1. The standard InChI is InChI=1S/C26H29Cl2N3O3/c1-33-24-16-31(11-8-18(24)14-17-6-7-21(27)22(28)15-17)19-9-12-30(13-10-19)26(32)25-20-4-2-3-5-23(20)34-29-25/h2-7,15,18-19,24H,8-14,16H2,1H3/t18-,24-/m1/s1. The molecule has 1 aromatic heterocycles. The zero-order valence-corrected chi connectivity index (χ0v) is 20.8. The molecule has 3 aromatic rings. The first-order valence-corrected chi connectivity index (χ1v) is 12.6. The van der Waals surface area contributed by atoms with Gasteiger partial charge in [0.1, 0.15) is 0 Å². The maximum Gasteiger partial charge on any atom is 0.276 e. The Bertz CT molecular complexity index is 1160. The molecule has 3 heterocycles. The number of aromatic nitrogens is 1. The third-order valence-corrected chi connectivity index (χ3v) is 8.10. The van der Waals surface area contributed by atoms with Crippen LogP contribution in [0.2, 0.25) is 10.0 Å². The summed E-state index contributed by atoms with van der Waals surface area (Å²) in [6.45, 7) is 3.41. The maximum atomic E-state index is 13.1. The number of fused-ring (bicyclic) bond motifs is 1. The summed E-state index contributed by atoms with van der Waals surface area (Å²) in [5, 5.41) is 6.01. The van der Waals surface area contributed by atoms with Gasteiger partial charge in [-0.1, -0.05) is 46.6 Å². The van der Waals surface area contributed by atoms with E-state index in [4.69, 9.17) is 32.5 Å². The monoisotopic (exact) mass is 501 g/mol. The van der Waals surface area contributed by atoms with Crippen molar-refractivity contribution < 1.29 is 14.1 Å². The van der Waals surface area contributed by atoms with Crippen LogP contribution in [0.1, 0.15) is 35.3 Å². The number of benzene rings is 2. The number of hydrogen-bond acceptors (Lipinski definition) is 5. The highest BCUT2D eigenvalue weighted by molar-refractivity contribution is 6.42. The lowest BCUT2D eigenvalue weighted by Gasteiger charge is -2.44. The van der Waals surface area contributed by atoms with E-state index >= 15 is 0 Å². The van der Waals surface area contributed by atoms with Crippen LogP contribution in [-0.4, -0.2) is 66.3 Å². The van der Waals surface area contributed by atoms with Gasteiger partial charge in [0, 0.05) is 32.8 Å². The van der Waals surface area contributed by atoms with Crippen LogP contribution < -0.4 is 0 Å². The Morgan fingerprint density at radius 2 is 1.88 bits per heavy atom. The molecule has 0 unspecified atom stereocenters. The molecule has 0 radical (unpaired) electrons. The third-order valence-electron chi connectivity index (χ3n) is 7.36. The van der Waals surface area contributed by atoms with Gasteiger partial charge in [0.2, 0.25) is 0 Å². The zero-order chi connectivity index (χ0) is 23.7. The van der Waals surface area contributed by atoms with E-state index in [1.54, 1.807) is 7.11 Å². The van der Waals surface area contributed by atoms with Crippen molar-refractivity contribution in [2.45, 2.75) is 37.8 Å². The van der Waals surface area contributed by atoms with Crippen LogP contribution in [0.25, 0.3) is 11.0 Å². The van der Waals surface area contributed by atoms with E-state index in [0.29, 0.717) is 33.3 Å². The van der Waals surface area contributed by atoms with Crippen molar-refractivity contribution in [3.8, 4) is 0 Å². The molecule has 180 valence electrons. The highest BCUT2D eigenvalue weighted by Gasteiger charge is 2.35. The summed E-state index contributed by atoms with van der Waals surface area (Å²) in [6, 6.07) is 13.9. The summed E-state index contributed by atoms with van der Waals surface area (Å²) in [7, 11) is 1.81. The van der Waals surface area contributed by atoms with Crippen molar-refractivity contribution in [3.05, 3.63) is 63.8 Å². The number of piperidine rings is 2. The number of para-hydroxylation sites is 1. The molecule has 0 N–H and O–H groups in total. The van der Waals surface area contributed by atoms with Gasteiger partial charge < -0.3 is 14.2 Å². The average molecular weight is 502 g/mol. The lowest BCUT2D eigenvalue weighted by atomic mass is 9.86. The van der Waals surface area contributed by atoms with Crippen LogP contribution in [-0.2, 0) is 11.2 Å². The predicted molar refractivity (Wildman–Crippen MR) is 134 cm³/mol. The molecule has 2 saturated heterocycles. The highest BCUT2D eigenvalue weighted by atomic mass is 35.5. The first-order valence-electron chi connectivity index (χ1n) is 11.9. The number of rotatable bonds is 5. The maximum absolute atomic E-state index is 13.1. The second kappa shape index (κ2) is 10.2. The summed E-state index contributed by atoms with van der Waals surface area (Å²) < 4.78 is 11.2. The average Bonchev–Trinajstić information content (AvgIpc) is 3.30. The van der Waals surface area contributed by atoms with E-state index in [9.17, 15) is 4.79 Å². The summed E-state index contributed by atoms with van der Waals surface area (Å²) in [6.07, 6.45) is 4.08. The topological polar surface area (TPSA) is 58.8 Å². The molecule has 2 aromatic carbocycles. The van der Waals surface area contributed by atoms with Gasteiger partial charge in [-0.25, -0.2) is 0 Å². The van der Waals surface area contributed by atoms with Gasteiger partial charge in [0.15, 0.2) is 11.3 Å². The Hall–Kier alpha value is -2.12. The van der Waals surface area contributed by atoms with Crippen LogP contribution in [0.5, 0.6) is 0 Å². The molecule has 2 aliphatic rings. The molecule has 0 bridgehead atoms. The van der Waals surface area contributed by atoms with Gasteiger partial charge in [-0.15, -0.1) is 0 Å². The number of nitrogens with zero attached hydrogens (tertiary/aromatic N) is 3. The Kier molecular flexibility index (Phi) is 7.11. The third kappa shape index (κ3) is 4.82. The molecule has 0 saturated carbocycles. The number of carbonyl (C=O) groups is 1. The summed E-state index contributed by atoms with van der Waals surface area (Å²) >= 11 is 12.3. The van der Waals surface area contributed by atoms with Crippen LogP contribution >= 0.6 is 23.2 Å². The number of likely N-dealkylation sites (tertiary alicyclic amines) is 2. The van der Waals surface area contributed by atoms with Crippen molar-refractivity contribution in [1.82, 2.24) is 15.0 Å². The van der Waals surface area contributed by atoms with Gasteiger partial charge in [-0.3, -0.25) is 9.69 Å². The summed E-state index contributed by atoms with van der Waals surface area (Å²) in [4.78, 5) is 17.5. The summed E-state index contributed by atoms with van der Waals surface area (Å²) in [5.41, 5.74) is 2.26. The number of carbonyl (C=O) groups excluding carboxylic acids is 1. The fraction of sp³-hybridized carbons (Fsp3) is 0.462. The fourth-order valence-corrected chi connectivity index (χ4v) is 5.74.